The number of rotatable bonds is 3. The zero-order valence-electron chi connectivity index (χ0n) is 14.5. The van der Waals surface area contributed by atoms with Gasteiger partial charge in [-0.25, -0.2) is 0 Å². The summed E-state index contributed by atoms with van der Waals surface area (Å²) in [7, 11) is 2.17. The Labute approximate surface area is 132 Å². The molecule has 1 aromatic heterocycles. The summed E-state index contributed by atoms with van der Waals surface area (Å²) in [5.41, 5.74) is 5.43. The first-order valence-corrected chi connectivity index (χ1v) is 15.2. The Balaban J connectivity index is 2.48. The Kier molecular flexibility index (Phi) is 4.62. The second kappa shape index (κ2) is 5.96. The van der Waals surface area contributed by atoms with E-state index in [1.54, 1.807) is 4.40 Å². The van der Waals surface area contributed by atoms with Crippen LogP contribution in [0.1, 0.15) is 30.9 Å². The van der Waals surface area contributed by atoms with Gasteiger partial charge in [-0.1, -0.05) is 0 Å². The average molecular weight is 343 g/mol. The first-order valence-electron chi connectivity index (χ1n) is 7.81. The minimum atomic E-state index is -1.75. The molecule has 0 unspecified atom stereocenters. The Hall–Kier alpha value is -1.09. The molecule has 112 valence electrons. The van der Waals surface area contributed by atoms with E-state index in [0.717, 1.165) is 0 Å². The second-order valence-corrected chi connectivity index (χ2v) is 18.0. The summed E-state index contributed by atoms with van der Waals surface area (Å²) in [6.07, 6.45) is 2.34. The number of hydrogen-bond donors (Lipinski definition) is 0. The van der Waals surface area contributed by atoms with Crippen LogP contribution in [0.3, 0.4) is 0 Å². The van der Waals surface area contributed by atoms with Gasteiger partial charge in [0.05, 0.1) is 0 Å². The summed E-state index contributed by atoms with van der Waals surface area (Å²) < 4.78 is 3.85. The van der Waals surface area contributed by atoms with E-state index in [9.17, 15) is 0 Å². The summed E-state index contributed by atoms with van der Waals surface area (Å²) in [5, 5.41) is 0. The maximum atomic E-state index is 2.44. The molecule has 0 bridgehead atoms. The van der Waals surface area contributed by atoms with E-state index in [1.807, 2.05) is 0 Å². The molecule has 0 radical (unpaired) electrons. The zero-order valence-corrected chi connectivity index (χ0v) is 16.6. The van der Waals surface area contributed by atoms with Crippen molar-refractivity contribution in [3.8, 4) is 11.3 Å². The van der Waals surface area contributed by atoms with Gasteiger partial charge in [0.2, 0.25) is 0 Å². The molecule has 0 aliphatic rings. The third kappa shape index (κ3) is 3.57. The quantitative estimate of drug-likeness (QED) is 0.582. The summed E-state index contributed by atoms with van der Waals surface area (Å²) in [4.78, 5) is 0. The molecule has 0 N–H and O–H groups in total. The molecular formula is C19H28GeN+. The molecule has 0 atom stereocenters. The van der Waals surface area contributed by atoms with Gasteiger partial charge in [0.1, 0.15) is 0 Å². The summed E-state index contributed by atoms with van der Waals surface area (Å²) in [5.74, 6) is 7.91. The van der Waals surface area contributed by atoms with Crippen molar-refractivity contribution in [2.45, 2.75) is 44.0 Å². The van der Waals surface area contributed by atoms with Gasteiger partial charge in [0.15, 0.2) is 0 Å². The molecule has 0 aliphatic carbocycles. The van der Waals surface area contributed by atoms with Gasteiger partial charge in [0, 0.05) is 0 Å². The molecule has 0 amide bonds. The minimum absolute atomic E-state index is 0.586. The van der Waals surface area contributed by atoms with Crippen molar-refractivity contribution in [2.75, 3.05) is 0 Å². The topological polar surface area (TPSA) is 3.88 Å². The van der Waals surface area contributed by atoms with E-state index in [0.29, 0.717) is 5.92 Å². The molecule has 0 saturated heterocycles. The van der Waals surface area contributed by atoms with E-state index >= 15 is 0 Å². The number of aryl methyl sites for hydroxylation is 2. The van der Waals surface area contributed by atoms with Gasteiger partial charge in [-0.15, -0.1) is 0 Å². The van der Waals surface area contributed by atoms with Crippen molar-refractivity contribution >= 4 is 17.7 Å². The second-order valence-electron chi connectivity index (χ2n) is 7.39. The third-order valence-corrected chi connectivity index (χ3v) is 8.45. The standard InChI is InChI=1S/C19H28GeN/c1-14(2)16-8-10-18(15(3)12-16)19-11-9-17(13-21(19)7)20(4,5)6/h8-14H,1-7H3/q+1. The molecule has 1 nitrogen and oxygen atoms in total. The Morgan fingerprint density at radius 3 is 2.14 bits per heavy atom. The van der Waals surface area contributed by atoms with E-state index < -0.39 is 13.3 Å². The van der Waals surface area contributed by atoms with Crippen LogP contribution < -0.4 is 8.96 Å². The predicted molar refractivity (Wildman–Crippen MR) is 94.9 cm³/mol. The van der Waals surface area contributed by atoms with Crippen LogP contribution in [-0.2, 0) is 7.05 Å². The molecule has 0 saturated carbocycles. The fourth-order valence-corrected chi connectivity index (χ4v) is 5.11. The van der Waals surface area contributed by atoms with Crippen LogP contribution in [0.25, 0.3) is 11.3 Å². The summed E-state index contributed by atoms with van der Waals surface area (Å²) in [6, 6.07) is 11.5. The van der Waals surface area contributed by atoms with Crippen molar-refractivity contribution in [1.29, 1.82) is 0 Å². The van der Waals surface area contributed by atoms with Gasteiger partial charge >= 0.3 is 132 Å². The van der Waals surface area contributed by atoms with E-state index in [-0.39, 0.29) is 0 Å². The number of benzene rings is 1. The van der Waals surface area contributed by atoms with Gasteiger partial charge in [-0.3, -0.25) is 0 Å². The van der Waals surface area contributed by atoms with Crippen molar-refractivity contribution in [2.24, 2.45) is 7.05 Å². The van der Waals surface area contributed by atoms with Crippen molar-refractivity contribution in [1.82, 2.24) is 0 Å². The van der Waals surface area contributed by atoms with Crippen molar-refractivity contribution in [3.63, 3.8) is 0 Å². The number of pyridine rings is 1. The van der Waals surface area contributed by atoms with E-state index in [4.69, 9.17) is 0 Å². The Morgan fingerprint density at radius 2 is 1.67 bits per heavy atom. The first-order chi connectivity index (χ1) is 9.70. The first kappa shape index (κ1) is 16.3. The molecule has 0 spiro atoms. The van der Waals surface area contributed by atoms with Crippen LogP contribution in [0.5, 0.6) is 0 Å². The van der Waals surface area contributed by atoms with Crippen LogP contribution in [0, 0.1) is 6.92 Å². The normalized spacial score (nSPS) is 12.0. The van der Waals surface area contributed by atoms with Crippen LogP contribution >= 0.6 is 0 Å². The average Bonchev–Trinajstić information content (AvgIpc) is 2.38. The van der Waals surface area contributed by atoms with E-state index in [2.05, 4.69) is 86.2 Å². The van der Waals surface area contributed by atoms with Crippen LogP contribution in [0.15, 0.2) is 36.5 Å². The van der Waals surface area contributed by atoms with Gasteiger partial charge in [-0.2, -0.15) is 0 Å². The third-order valence-electron chi connectivity index (χ3n) is 4.19. The van der Waals surface area contributed by atoms with Crippen LogP contribution in [0.2, 0.25) is 17.3 Å². The molecule has 1 heterocycles. The van der Waals surface area contributed by atoms with Gasteiger partial charge in [-0.05, 0) is 0 Å². The monoisotopic (exact) mass is 344 g/mol. The van der Waals surface area contributed by atoms with Gasteiger partial charge < -0.3 is 0 Å². The van der Waals surface area contributed by atoms with Crippen molar-refractivity contribution in [3.05, 3.63) is 47.7 Å². The molecule has 0 aliphatic heterocycles. The number of nitrogens with zero attached hydrogens (tertiary/aromatic N) is 1. The number of hydrogen-bond acceptors (Lipinski definition) is 0. The fourth-order valence-electron chi connectivity index (χ4n) is 2.66. The fraction of sp³-hybridized carbons (Fsp3) is 0.421. The van der Waals surface area contributed by atoms with Crippen LogP contribution in [-0.4, -0.2) is 13.3 Å². The SMILES string of the molecule is Cc1cc(C(C)C)ccc1-c1cc[c]([Ge]([CH3])([CH3])[CH3])c[n+]1C. The molecule has 2 aromatic rings. The molecule has 1 aromatic carbocycles. The van der Waals surface area contributed by atoms with Gasteiger partial charge in [0.25, 0.3) is 0 Å². The zero-order chi connectivity index (χ0) is 15.8. The summed E-state index contributed by atoms with van der Waals surface area (Å²) >= 11 is -1.75. The number of aromatic nitrogens is 1. The predicted octanol–water partition coefficient (Wildman–Crippen LogP) is 4.16. The van der Waals surface area contributed by atoms with Crippen molar-refractivity contribution < 1.29 is 4.57 Å². The summed E-state index contributed by atoms with van der Waals surface area (Å²) in [6.45, 7) is 6.72. The molecule has 21 heavy (non-hydrogen) atoms. The Bertz CT molecular complexity index is 651. The van der Waals surface area contributed by atoms with E-state index in [1.165, 1.54) is 22.4 Å². The maximum absolute atomic E-state index is 2.44. The molecule has 2 heteroatoms. The van der Waals surface area contributed by atoms with Crippen LogP contribution in [0.4, 0.5) is 0 Å². The molecular weight excluding hydrogens is 315 g/mol. The Morgan fingerprint density at radius 1 is 1.00 bits per heavy atom. The molecule has 0 fully saturated rings. The molecule has 2 rings (SSSR count).